The monoisotopic (exact) mass is 638 g/mol. The molecular weight excluding hydrogens is 597 g/mol. The lowest BCUT2D eigenvalue weighted by Crippen LogP contribution is -2.78. The molecular formula is C36H41F3N2O5. The number of carbonyl (C=O) groups excluding carboxylic acids is 2. The van der Waals surface area contributed by atoms with Crippen molar-refractivity contribution in [1.82, 2.24) is 9.80 Å². The molecule has 46 heavy (non-hydrogen) atoms. The lowest BCUT2D eigenvalue weighted by atomic mass is 9.48. The minimum Gasteiger partial charge on any atom is -0.483 e. The number of hydrogen-bond acceptors (Lipinski definition) is 6. The molecule has 2 aromatic carbocycles. The van der Waals surface area contributed by atoms with Crippen molar-refractivity contribution >= 4 is 18.0 Å². The summed E-state index contributed by atoms with van der Waals surface area (Å²) in [6.45, 7) is 9.11. The fourth-order valence-corrected chi connectivity index (χ4v) is 8.59. The zero-order valence-electron chi connectivity index (χ0n) is 26.3. The predicted molar refractivity (Wildman–Crippen MR) is 167 cm³/mol. The fraction of sp³-hybridized carbons (Fsp3) is 0.500. The van der Waals surface area contributed by atoms with Crippen molar-refractivity contribution < 1.29 is 37.3 Å². The van der Waals surface area contributed by atoms with Crippen LogP contribution in [0.5, 0.6) is 11.5 Å². The van der Waals surface area contributed by atoms with Crippen LogP contribution in [0.3, 0.4) is 0 Å². The Morgan fingerprint density at radius 1 is 1.22 bits per heavy atom. The first-order valence-electron chi connectivity index (χ1n) is 16.2. The number of likely N-dealkylation sites (tertiary alicyclic amines) is 1. The summed E-state index contributed by atoms with van der Waals surface area (Å²) < 4.78 is 52.5. The molecule has 1 spiro atoms. The van der Waals surface area contributed by atoms with Crippen molar-refractivity contribution in [2.45, 2.75) is 94.2 Å². The third-order valence-electron chi connectivity index (χ3n) is 10.5. The normalized spacial score (nSPS) is 28.0. The van der Waals surface area contributed by atoms with Gasteiger partial charge in [-0.25, -0.2) is 0 Å². The number of benzene rings is 2. The standard InChI is InChI=1S/C36H41F3N2O5/c1-4-6-7-19-41(30(43)14-11-24-9-8-10-26(21-24)36(37,38)39)27-15-16-35(44)29-22-25-12-13-28(45-23(3)42)32-31(25)34(35,33(27)46-32)17-20-40(29)18-5-2/h5,8-14,21,27,29,33,44H,2,4,6-7,15-20,22H2,1,3H3/t27-,29+,33-,34-,35+/m0/s1. The van der Waals surface area contributed by atoms with Gasteiger partial charge in [-0.05, 0) is 74.1 Å². The maximum absolute atomic E-state index is 14.0. The number of nitrogens with zero attached hydrogens (tertiary/aromatic N) is 2. The Balaban J connectivity index is 1.41. The van der Waals surface area contributed by atoms with Gasteiger partial charge in [-0.3, -0.25) is 14.5 Å². The van der Waals surface area contributed by atoms with E-state index < -0.39 is 40.9 Å². The second kappa shape index (κ2) is 12.2. The van der Waals surface area contributed by atoms with Crippen LogP contribution in [-0.2, 0) is 27.6 Å². The molecule has 2 aliphatic heterocycles. The van der Waals surface area contributed by atoms with Gasteiger partial charge in [-0.15, -0.1) is 6.58 Å². The van der Waals surface area contributed by atoms with Crippen LogP contribution < -0.4 is 9.47 Å². The van der Waals surface area contributed by atoms with Crippen molar-refractivity contribution in [1.29, 1.82) is 0 Å². The van der Waals surface area contributed by atoms with Crippen LogP contribution in [0.15, 0.2) is 55.1 Å². The molecule has 6 rings (SSSR count). The molecule has 2 heterocycles. The van der Waals surface area contributed by atoms with E-state index in [9.17, 15) is 27.9 Å². The first-order chi connectivity index (χ1) is 21.9. The van der Waals surface area contributed by atoms with Gasteiger partial charge in [0.15, 0.2) is 11.5 Å². The average molecular weight is 639 g/mol. The first-order valence-corrected chi connectivity index (χ1v) is 16.2. The molecule has 1 saturated heterocycles. The predicted octanol–water partition coefficient (Wildman–Crippen LogP) is 6.07. The van der Waals surface area contributed by atoms with Crippen LogP contribution in [0.1, 0.15) is 74.6 Å². The largest absolute Gasteiger partial charge is 0.483 e. The summed E-state index contributed by atoms with van der Waals surface area (Å²) >= 11 is 0. The van der Waals surface area contributed by atoms with E-state index in [0.717, 1.165) is 42.5 Å². The van der Waals surface area contributed by atoms with Gasteiger partial charge in [0.2, 0.25) is 5.91 Å². The number of aliphatic hydroxyl groups is 1. The number of amides is 1. The quantitative estimate of drug-likeness (QED) is 0.112. The van der Waals surface area contributed by atoms with Gasteiger partial charge in [0.05, 0.1) is 22.6 Å². The molecule has 7 nitrogen and oxygen atoms in total. The molecule has 1 saturated carbocycles. The highest BCUT2D eigenvalue weighted by atomic mass is 19.4. The lowest BCUT2D eigenvalue weighted by molar-refractivity contribution is -0.199. The number of ether oxygens (including phenoxy) is 2. The summed E-state index contributed by atoms with van der Waals surface area (Å²) in [4.78, 5) is 30.2. The average Bonchev–Trinajstić information content (AvgIpc) is 3.36. The Labute approximate surface area is 267 Å². The Morgan fingerprint density at radius 3 is 2.74 bits per heavy atom. The van der Waals surface area contributed by atoms with Crippen LogP contribution in [-0.4, -0.2) is 70.2 Å². The highest BCUT2D eigenvalue weighted by Gasteiger charge is 2.73. The Bertz CT molecular complexity index is 1560. The van der Waals surface area contributed by atoms with E-state index in [0.29, 0.717) is 56.8 Å². The van der Waals surface area contributed by atoms with Crippen molar-refractivity contribution in [2.75, 3.05) is 19.6 Å². The number of hydrogen-bond donors (Lipinski definition) is 1. The molecule has 0 unspecified atom stereocenters. The van der Waals surface area contributed by atoms with Crippen LogP contribution in [0.2, 0.25) is 0 Å². The molecule has 0 radical (unpaired) electrons. The van der Waals surface area contributed by atoms with Gasteiger partial charge < -0.3 is 19.5 Å². The van der Waals surface area contributed by atoms with Crippen LogP contribution in [0, 0.1) is 0 Å². The molecule has 1 N–H and O–H groups in total. The van der Waals surface area contributed by atoms with Crippen molar-refractivity contribution in [3.63, 3.8) is 0 Å². The number of unbranched alkanes of at least 4 members (excludes halogenated alkanes) is 2. The molecule has 246 valence electrons. The number of esters is 1. The minimum atomic E-state index is -4.49. The summed E-state index contributed by atoms with van der Waals surface area (Å²) in [5.41, 5.74) is -0.596. The summed E-state index contributed by atoms with van der Waals surface area (Å²) in [6.07, 6.45) is 4.19. The SMILES string of the molecule is C=CCN1CC[C@]23c4c5ccc(OC(C)=O)c4O[C@H]2[C@@H](N(CCCCC)C(=O)C=Cc2cccc(C(F)(F)F)c2)CC[C@@]3(O)[C@H]1C5. The lowest BCUT2D eigenvalue weighted by Gasteiger charge is -2.64. The highest BCUT2D eigenvalue weighted by Crippen LogP contribution is 2.66. The molecule has 1 amide bonds. The molecule has 0 aromatic heterocycles. The first kappa shape index (κ1) is 32.3. The van der Waals surface area contributed by atoms with Crippen molar-refractivity contribution in [2.24, 2.45) is 0 Å². The van der Waals surface area contributed by atoms with E-state index in [1.165, 1.54) is 31.2 Å². The Morgan fingerprint density at radius 2 is 2.02 bits per heavy atom. The van der Waals surface area contributed by atoms with E-state index in [4.69, 9.17) is 9.47 Å². The number of piperidine rings is 1. The molecule has 5 atom stereocenters. The smallest absolute Gasteiger partial charge is 0.416 e. The van der Waals surface area contributed by atoms with Gasteiger partial charge in [-0.2, -0.15) is 13.2 Å². The molecule has 2 fully saturated rings. The molecule has 2 bridgehead atoms. The van der Waals surface area contributed by atoms with E-state index >= 15 is 0 Å². The van der Waals surface area contributed by atoms with E-state index in [-0.39, 0.29) is 17.5 Å². The third kappa shape index (κ3) is 5.23. The molecule has 4 aliphatic rings. The third-order valence-corrected chi connectivity index (χ3v) is 10.5. The zero-order valence-corrected chi connectivity index (χ0v) is 26.3. The minimum absolute atomic E-state index is 0.186. The highest BCUT2D eigenvalue weighted by molar-refractivity contribution is 5.92. The molecule has 2 aliphatic carbocycles. The second-order valence-corrected chi connectivity index (χ2v) is 13.0. The van der Waals surface area contributed by atoms with Gasteiger partial charge in [0.1, 0.15) is 6.10 Å². The number of rotatable bonds is 10. The summed E-state index contributed by atoms with van der Waals surface area (Å²) in [5.74, 6) is -0.0446. The van der Waals surface area contributed by atoms with Crippen LogP contribution in [0.25, 0.3) is 6.08 Å². The van der Waals surface area contributed by atoms with E-state index in [2.05, 4.69) is 18.4 Å². The fourth-order valence-electron chi connectivity index (χ4n) is 8.59. The van der Waals surface area contributed by atoms with Gasteiger partial charge >= 0.3 is 12.1 Å². The van der Waals surface area contributed by atoms with Crippen LogP contribution >= 0.6 is 0 Å². The van der Waals surface area contributed by atoms with Crippen molar-refractivity contribution in [3.05, 3.63) is 77.4 Å². The zero-order chi connectivity index (χ0) is 32.9. The summed E-state index contributed by atoms with van der Waals surface area (Å²) in [6, 6.07) is 7.99. The van der Waals surface area contributed by atoms with Gasteiger partial charge in [0, 0.05) is 37.7 Å². The maximum Gasteiger partial charge on any atom is 0.416 e. The summed E-state index contributed by atoms with van der Waals surface area (Å²) in [5, 5.41) is 12.8. The molecule has 10 heteroatoms. The van der Waals surface area contributed by atoms with E-state index in [1.807, 2.05) is 12.1 Å². The van der Waals surface area contributed by atoms with Crippen molar-refractivity contribution in [3.8, 4) is 11.5 Å². The number of halogens is 3. The Kier molecular flexibility index (Phi) is 8.56. The van der Waals surface area contributed by atoms with Gasteiger partial charge in [0.25, 0.3) is 0 Å². The number of alkyl halides is 3. The topological polar surface area (TPSA) is 79.3 Å². The molecule has 2 aromatic rings. The summed E-state index contributed by atoms with van der Waals surface area (Å²) in [7, 11) is 0. The maximum atomic E-state index is 14.0. The van der Waals surface area contributed by atoms with Gasteiger partial charge in [-0.1, -0.05) is 44.0 Å². The van der Waals surface area contributed by atoms with E-state index in [1.54, 1.807) is 11.0 Å². The Hall–Kier alpha value is -3.63. The number of carbonyl (C=O) groups is 2. The van der Waals surface area contributed by atoms with Crippen LogP contribution in [0.4, 0.5) is 13.2 Å². The second-order valence-electron chi connectivity index (χ2n) is 13.0.